The van der Waals surface area contributed by atoms with Gasteiger partial charge in [-0.05, 0) is 19.1 Å². The number of Topliss-reactive ketones (excluding diaryl/α,β-unsaturated/α-hetero) is 1. The average Bonchev–Trinajstić information content (AvgIpc) is 2.58. The van der Waals surface area contributed by atoms with Crippen LogP contribution in [0.2, 0.25) is 5.02 Å². The molecule has 1 aromatic carbocycles. The third-order valence-corrected chi connectivity index (χ3v) is 2.55. The highest BCUT2D eigenvalue weighted by Gasteiger charge is 2.09. The summed E-state index contributed by atoms with van der Waals surface area (Å²) in [7, 11) is 0. The van der Waals surface area contributed by atoms with Gasteiger partial charge in [-0.3, -0.25) is 9.59 Å². The van der Waals surface area contributed by atoms with Gasteiger partial charge in [-0.15, -0.1) is 0 Å². The molecule has 6 nitrogen and oxygen atoms in total. The zero-order valence-corrected chi connectivity index (χ0v) is 10.2. The second kappa shape index (κ2) is 4.66. The van der Waals surface area contributed by atoms with Crippen molar-refractivity contribution in [3.05, 3.63) is 28.7 Å². The minimum absolute atomic E-state index is 0.193. The van der Waals surface area contributed by atoms with Crippen molar-refractivity contribution in [3.8, 4) is 0 Å². The van der Waals surface area contributed by atoms with Crippen LogP contribution in [0.15, 0.2) is 18.5 Å². The Kier molecular flexibility index (Phi) is 3.20. The topological polar surface area (TPSA) is 87.0 Å². The number of anilines is 1. The summed E-state index contributed by atoms with van der Waals surface area (Å²) in [6.45, 7) is 1.33. The molecule has 18 heavy (non-hydrogen) atoms. The van der Waals surface area contributed by atoms with Crippen LogP contribution in [0.3, 0.4) is 0 Å². The van der Waals surface area contributed by atoms with Gasteiger partial charge in [0.25, 0.3) is 0 Å². The number of rotatable bonds is 3. The van der Waals surface area contributed by atoms with Crippen LogP contribution in [0, 0.1) is 5.21 Å². The molecule has 2 rings (SSSR count). The van der Waals surface area contributed by atoms with Gasteiger partial charge in [0.1, 0.15) is 5.78 Å². The van der Waals surface area contributed by atoms with E-state index >= 15 is 0 Å². The first-order valence-corrected chi connectivity index (χ1v) is 5.48. The smallest absolute Gasteiger partial charge is 0.231 e. The molecule has 0 spiro atoms. The van der Waals surface area contributed by atoms with Gasteiger partial charge in [-0.1, -0.05) is 11.6 Å². The second-order valence-electron chi connectivity index (χ2n) is 3.82. The molecule has 94 valence electrons. The Morgan fingerprint density at radius 3 is 2.89 bits per heavy atom. The van der Waals surface area contributed by atoms with Gasteiger partial charge in [0.05, 0.1) is 28.8 Å². The van der Waals surface area contributed by atoms with E-state index in [1.807, 2.05) is 0 Å². The average molecular weight is 267 g/mol. The number of benzene rings is 1. The zero-order valence-electron chi connectivity index (χ0n) is 9.44. The first kappa shape index (κ1) is 12.4. The first-order chi connectivity index (χ1) is 8.47. The highest BCUT2D eigenvalue weighted by atomic mass is 35.5. The minimum atomic E-state index is -0.431. The second-order valence-corrected chi connectivity index (χ2v) is 4.23. The summed E-state index contributed by atoms with van der Waals surface area (Å²) in [5.41, 5.74) is 1.04. The van der Waals surface area contributed by atoms with Crippen molar-refractivity contribution in [2.75, 3.05) is 5.32 Å². The number of imidazole rings is 1. The van der Waals surface area contributed by atoms with Crippen molar-refractivity contribution in [1.82, 2.24) is 9.71 Å². The standard InChI is InChI=1S/C11H9ClN3O3/c1-6(16)2-10(17)14-7-3-8(12)11-9(4-7)13-5-15(11)18/h3-5H,2H2,1H3,(H,14,17)/q-1. The van der Waals surface area contributed by atoms with Crippen LogP contribution in [-0.2, 0) is 9.59 Å². The number of carbonyl (C=O) groups is 2. The van der Waals surface area contributed by atoms with Crippen molar-refractivity contribution >= 4 is 40.0 Å². The fraction of sp³-hybridized carbons (Fsp3) is 0.182. The lowest BCUT2D eigenvalue weighted by atomic mass is 10.2. The predicted molar refractivity (Wildman–Crippen MR) is 67.4 cm³/mol. The number of ketones is 1. The van der Waals surface area contributed by atoms with Crippen LogP contribution in [0.5, 0.6) is 0 Å². The third-order valence-electron chi connectivity index (χ3n) is 2.26. The Morgan fingerprint density at radius 1 is 1.50 bits per heavy atom. The Balaban J connectivity index is 2.30. The zero-order chi connectivity index (χ0) is 13.3. The number of hydrogen-bond donors (Lipinski definition) is 1. The molecule has 0 bridgehead atoms. The van der Waals surface area contributed by atoms with E-state index in [1.165, 1.54) is 19.1 Å². The summed E-state index contributed by atoms with van der Waals surface area (Å²) in [6, 6.07) is 2.96. The fourth-order valence-corrected chi connectivity index (χ4v) is 1.87. The first-order valence-electron chi connectivity index (χ1n) is 5.11. The van der Waals surface area contributed by atoms with Crippen LogP contribution in [-0.4, -0.2) is 21.4 Å². The summed E-state index contributed by atoms with van der Waals surface area (Å²) in [5.74, 6) is -0.664. The summed E-state index contributed by atoms with van der Waals surface area (Å²) in [5, 5.41) is 14.0. The molecule has 2 aromatic rings. The van der Waals surface area contributed by atoms with E-state index < -0.39 is 5.91 Å². The highest BCUT2D eigenvalue weighted by Crippen LogP contribution is 2.26. The lowest BCUT2D eigenvalue weighted by molar-refractivity contribution is -0.124. The van der Waals surface area contributed by atoms with Crippen LogP contribution < -0.4 is 5.32 Å². The van der Waals surface area contributed by atoms with Gasteiger partial charge in [-0.2, -0.15) is 0 Å². The molecular formula is C11H9ClN3O3-. The Morgan fingerprint density at radius 2 is 2.22 bits per heavy atom. The van der Waals surface area contributed by atoms with E-state index in [0.29, 0.717) is 15.9 Å². The predicted octanol–water partition coefficient (Wildman–Crippen LogP) is 1.95. The van der Waals surface area contributed by atoms with Crippen molar-refractivity contribution < 1.29 is 9.59 Å². The molecule has 1 heterocycles. The lowest BCUT2D eigenvalue weighted by Gasteiger charge is -2.09. The number of amides is 1. The number of fused-ring (bicyclic) bond motifs is 1. The summed E-state index contributed by atoms with van der Waals surface area (Å²) >= 11 is 5.92. The Bertz CT molecular complexity index is 636. The molecule has 0 aliphatic rings. The van der Waals surface area contributed by atoms with Crippen molar-refractivity contribution in [3.63, 3.8) is 0 Å². The van der Waals surface area contributed by atoms with Crippen LogP contribution in [0.1, 0.15) is 13.3 Å². The molecule has 0 atom stereocenters. The van der Waals surface area contributed by atoms with E-state index in [9.17, 15) is 14.8 Å². The molecule has 7 heteroatoms. The summed E-state index contributed by atoms with van der Waals surface area (Å²) < 4.78 is 0.554. The summed E-state index contributed by atoms with van der Waals surface area (Å²) in [4.78, 5) is 26.1. The number of hydrogen-bond acceptors (Lipinski definition) is 4. The van der Waals surface area contributed by atoms with Gasteiger partial charge in [-0.25, -0.2) is 4.98 Å². The lowest BCUT2D eigenvalue weighted by Crippen LogP contribution is -2.14. The van der Waals surface area contributed by atoms with E-state index in [0.717, 1.165) is 6.33 Å². The molecule has 0 aliphatic heterocycles. The van der Waals surface area contributed by atoms with Gasteiger partial charge < -0.3 is 15.3 Å². The maximum absolute atomic E-state index is 11.4. The van der Waals surface area contributed by atoms with Gasteiger partial charge >= 0.3 is 0 Å². The molecule has 0 fully saturated rings. The Labute approximate surface area is 107 Å². The number of nitrogens with one attached hydrogen (secondary N) is 1. The van der Waals surface area contributed by atoms with Crippen LogP contribution >= 0.6 is 11.6 Å². The minimum Gasteiger partial charge on any atom is -0.804 e. The van der Waals surface area contributed by atoms with Crippen molar-refractivity contribution in [2.45, 2.75) is 13.3 Å². The van der Waals surface area contributed by atoms with Crippen LogP contribution in [0.4, 0.5) is 5.69 Å². The number of aromatic nitrogens is 2. The number of carbonyl (C=O) groups excluding carboxylic acids is 2. The fourth-order valence-electron chi connectivity index (χ4n) is 1.58. The molecule has 1 amide bonds. The maximum Gasteiger partial charge on any atom is 0.231 e. The van der Waals surface area contributed by atoms with E-state index in [1.54, 1.807) is 0 Å². The van der Waals surface area contributed by atoms with Crippen molar-refractivity contribution in [1.29, 1.82) is 0 Å². The Hall–Kier alpha value is -2.08. The van der Waals surface area contributed by atoms with Gasteiger partial charge in [0.2, 0.25) is 5.91 Å². The molecular weight excluding hydrogens is 258 g/mol. The highest BCUT2D eigenvalue weighted by molar-refractivity contribution is 6.35. The molecule has 1 aromatic heterocycles. The third kappa shape index (κ3) is 2.43. The normalized spacial score (nSPS) is 10.6. The van der Waals surface area contributed by atoms with E-state index in [4.69, 9.17) is 11.6 Å². The van der Waals surface area contributed by atoms with Gasteiger partial charge in [0.15, 0.2) is 0 Å². The van der Waals surface area contributed by atoms with Crippen LogP contribution in [0.25, 0.3) is 11.0 Å². The monoisotopic (exact) mass is 266 g/mol. The molecule has 0 unspecified atom stereocenters. The molecule has 0 aliphatic carbocycles. The van der Waals surface area contributed by atoms with Crippen molar-refractivity contribution in [2.24, 2.45) is 0 Å². The quantitative estimate of drug-likeness (QED) is 0.860. The number of halogens is 1. The molecule has 0 saturated carbocycles. The molecule has 0 radical (unpaired) electrons. The summed E-state index contributed by atoms with van der Waals surface area (Å²) in [6.07, 6.45) is 0.892. The van der Waals surface area contributed by atoms with Gasteiger partial charge in [0, 0.05) is 5.69 Å². The van der Waals surface area contributed by atoms with E-state index in [2.05, 4.69) is 10.3 Å². The SMILES string of the molecule is CC(=O)CC(=O)Nc1cc(Cl)c2c(c1)ncn2[O-]. The van der Waals surface area contributed by atoms with E-state index in [-0.39, 0.29) is 22.7 Å². The molecule has 1 N–H and O–H groups in total. The molecule has 0 saturated heterocycles. The number of nitrogens with zero attached hydrogens (tertiary/aromatic N) is 2. The maximum atomic E-state index is 11.4. The largest absolute Gasteiger partial charge is 0.804 e.